The number of fused-ring (bicyclic) bond motifs is 1. The van der Waals surface area contributed by atoms with Gasteiger partial charge in [-0.15, -0.1) is 6.42 Å². The van der Waals surface area contributed by atoms with E-state index in [0.717, 1.165) is 11.1 Å². The molecule has 4 rings (SSSR count). The minimum Gasteiger partial charge on any atom is -0.493 e. The maximum absolute atomic E-state index is 12.6. The molecule has 2 N–H and O–H groups in total. The topological polar surface area (TPSA) is 84.9 Å². The predicted octanol–water partition coefficient (Wildman–Crippen LogP) is 4.15. The molecule has 2 aromatic rings. The second-order valence-corrected chi connectivity index (χ2v) is 6.91. The third-order valence-electron chi connectivity index (χ3n) is 4.50. The lowest BCUT2D eigenvalue weighted by atomic mass is 10.1. The Kier molecular flexibility index (Phi) is 6.76. The van der Waals surface area contributed by atoms with E-state index in [-0.39, 0.29) is 23.8 Å². The van der Waals surface area contributed by atoms with E-state index in [1.54, 1.807) is 30.3 Å². The molecule has 2 aliphatic rings. The molecule has 0 aromatic heterocycles. The summed E-state index contributed by atoms with van der Waals surface area (Å²) < 4.78 is 10.8. The summed E-state index contributed by atoms with van der Waals surface area (Å²) in [5.74, 6) is 1.98. The molecule has 1 amide bonds. The predicted molar refractivity (Wildman–Crippen MR) is 115 cm³/mol. The van der Waals surface area contributed by atoms with Crippen LogP contribution in [0.25, 0.3) is 6.08 Å². The van der Waals surface area contributed by atoms with E-state index < -0.39 is 5.97 Å². The number of anilines is 1. The van der Waals surface area contributed by atoms with Crippen LogP contribution in [-0.4, -0.2) is 30.7 Å². The summed E-state index contributed by atoms with van der Waals surface area (Å²) in [6.07, 6.45) is 11.9. The van der Waals surface area contributed by atoms with E-state index in [0.29, 0.717) is 23.5 Å². The number of hydrogen-bond acceptors (Lipinski definition) is 4. The smallest absolute Gasteiger partial charge is 0.337 e. The molecule has 0 heterocycles. The van der Waals surface area contributed by atoms with Crippen molar-refractivity contribution >= 4 is 23.6 Å². The summed E-state index contributed by atoms with van der Waals surface area (Å²) in [5.41, 5.74) is 2.55. The molecule has 0 spiro atoms. The van der Waals surface area contributed by atoms with Gasteiger partial charge in [0.25, 0.3) is 5.91 Å². The molecule has 0 saturated heterocycles. The van der Waals surface area contributed by atoms with Crippen LogP contribution in [0.15, 0.2) is 42.0 Å². The Morgan fingerprint density at radius 3 is 2.53 bits per heavy atom. The Bertz CT molecular complexity index is 1030. The standard InChI is InChI=1S/C21H17NO5.C3H6/c1-3-8-27-19-12-14-10-15(9-13(14)11-18(19)26-2)20(23)22-17-7-5-4-6-16(17)21(24)25;1-2-3-1/h1,4-7,10-12H,8-9H2,2H3,(H,22,23)(H,24,25);1-3H2. The van der Waals surface area contributed by atoms with Gasteiger partial charge in [0.15, 0.2) is 11.5 Å². The average molecular weight is 405 g/mol. The SMILES string of the molecule is C#CCOc1cc2c(cc1OC)CC(C(=O)Nc1ccccc1C(=O)O)=C2.C1CC1. The Morgan fingerprint density at radius 1 is 1.17 bits per heavy atom. The number of carboxylic acid groups (broad SMARTS) is 1. The maximum atomic E-state index is 12.6. The zero-order chi connectivity index (χ0) is 21.5. The number of para-hydroxylation sites is 1. The Hall–Kier alpha value is -3.72. The minimum absolute atomic E-state index is 0.0357. The largest absolute Gasteiger partial charge is 0.493 e. The molecule has 2 aliphatic carbocycles. The molecule has 0 atom stereocenters. The molecule has 0 aliphatic heterocycles. The average Bonchev–Trinajstić information content (AvgIpc) is 3.57. The fourth-order valence-electron chi connectivity index (χ4n) is 2.87. The summed E-state index contributed by atoms with van der Waals surface area (Å²) in [5, 5.41) is 11.9. The van der Waals surface area contributed by atoms with Crippen molar-refractivity contribution in [2.24, 2.45) is 0 Å². The van der Waals surface area contributed by atoms with Gasteiger partial charge in [0.2, 0.25) is 0 Å². The van der Waals surface area contributed by atoms with Gasteiger partial charge in [0, 0.05) is 12.0 Å². The zero-order valence-electron chi connectivity index (χ0n) is 16.7. The highest BCUT2D eigenvalue weighted by Crippen LogP contribution is 2.36. The van der Waals surface area contributed by atoms with Crippen molar-refractivity contribution in [2.75, 3.05) is 19.0 Å². The van der Waals surface area contributed by atoms with Gasteiger partial charge in [-0.05, 0) is 41.5 Å². The molecule has 0 bridgehead atoms. The molecule has 0 radical (unpaired) electrons. The molecule has 1 fully saturated rings. The first-order valence-corrected chi connectivity index (χ1v) is 9.65. The van der Waals surface area contributed by atoms with E-state index in [2.05, 4.69) is 11.2 Å². The quantitative estimate of drug-likeness (QED) is 0.705. The Morgan fingerprint density at radius 2 is 1.90 bits per heavy atom. The van der Waals surface area contributed by atoms with Gasteiger partial charge >= 0.3 is 5.97 Å². The number of ether oxygens (including phenoxy) is 2. The molecule has 6 nitrogen and oxygen atoms in total. The fraction of sp³-hybridized carbons (Fsp3) is 0.250. The number of rotatable bonds is 6. The number of aromatic carboxylic acids is 1. The highest BCUT2D eigenvalue weighted by molar-refractivity contribution is 6.10. The van der Waals surface area contributed by atoms with Crippen molar-refractivity contribution < 1.29 is 24.2 Å². The molecule has 2 aromatic carbocycles. The van der Waals surface area contributed by atoms with Crippen molar-refractivity contribution in [3.05, 3.63) is 58.7 Å². The van der Waals surface area contributed by atoms with Crippen LogP contribution in [0.2, 0.25) is 0 Å². The lowest BCUT2D eigenvalue weighted by Crippen LogP contribution is -2.16. The number of carbonyl (C=O) groups is 2. The number of nitrogens with one attached hydrogen (secondary N) is 1. The van der Waals surface area contributed by atoms with Crippen LogP contribution in [-0.2, 0) is 11.2 Å². The van der Waals surface area contributed by atoms with Crippen LogP contribution < -0.4 is 14.8 Å². The second-order valence-electron chi connectivity index (χ2n) is 6.91. The van der Waals surface area contributed by atoms with Crippen LogP contribution >= 0.6 is 0 Å². The van der Waals surface area contributed by atoms with Crippen molar-refractivity contribution in [2.45, 2.75) is 25.7 Å². The monoisotopic (exact) mass is 405 g/mol. The normalized spacial score (nSPS) is 13.0. The lowest BCUT2D eigenvalue weighted by Gasteiger charge is -2.11. The molecule has 6 heteroatoms. The Balaban J connectivity index is 0.000000782. The molecule has 1 saturated carbocycles. The number of carboxylic acids is 1. The van der Waals surface area contributed by atoms with Crippen molar-refractivity contribution in [1.82, 2.24) is 0 Å². The van der Waals surface area contributed by atoms with E-state index in [1.807, 2.05) is 6.07 Å². The maximum Gasteiger partial charge on any atom is 0.337 e. The number of methoxy groups -OCH3 is 1. The first-order chi connectivity index (χ1) is 14.5. The Labute approximate surface area is 175 Å². The summed E-state index contributed by atoms with van der Waals surface area (Å²) in [6, 6.07) is 9.85. The summed E-state index contributed by atoms with van der Waals surface area (Å²) in [7, 11) is 1.53. The highest BCUT2D eigenvalue weighted by Gasteiger charge is 2.22. The highest BCUT2D eigenvalue weighted by atomic mass is 16.5. The molecular weight excluding hydrogens is 382 g/mol. The van der Waals surface area contributed by atoms with Gasteiger partial charge < -0.3 is 19.9 Å². The van der Waals surface area contributed by atoms with Crippen LogP contribution in [0.1, 0.15) is 40.7 Å². The molecule has 30 heavy (non-hydrogen) atoms. The van der Waals surface area contributed by atoms with Crippen LogP contribution in [0.3, 0.4) is 0 Å². The summed E-state index contributed by atoms with van der Waals surface area (Å²) >= 11 is 0. The first-order valence-electron chi connectivity index (χ1n) is 9.65. The van der Waals surface area contributed by atoms with E-state index in [4.69, 9.17) is 15.9 Å². The van der Waals surface area contributed by atoms with E-state index in [1.165, 1.54) is 32.4 Å². The van der Waals surface area contributed by atoms with Gasteiger partial charge in [-0.2, -0.15) is 0 Å². The van der Waals surface area contributed by atoms with E-state index in [9.17, 15) is 14.7 Å². The minimum atomic E-state index is -1.10. The number of amides is 1. The number of hydrogen-bond donors (Lipinski definition) is 2. The van der Waals surface area contributed by atoms with Crippen LogP contribution in [0.4, 0.5) is 5.69 Å². The van der Waals surface area contributed by atoms with Gasteiger partial charge in [-0.3, -0.25) is 4.79 Å². The van der Waals surface area contributed by atoms with Gasteiger partial charge in [0.05, 0.1) is 18.4 Å². The lowest BCUT2D eigenvalue weighted by molar-refractivity contribution is -0.112. The molecule has 0 unspecified atom stereocenters. The third-order valence-corrected chi connectivity index (χ3v) is 4.50. The number of benzene rings is 2. The van der Waals surface area contributed by atoms with Gasteiger partial charge in [-0.25, -0.2) is 4.79 Å². The number of carbonyl (C=O) groups excluding carboxylic acids is 1. The van der Waals surface area contributed by atoms with Gasteiger partial charge in [0.1, 0.15) is 6.61 Å². The zero-order valence-corrected chi connectivity index (χ0v) is 16.7. The van der Waals surface area contributed by atoms with Crippen LogP contribution in [0.5, 0.6) is 11.5 Å². The van der Waals surface area contributed by atoms with Gasteiger partial charge in [-0.1, -0.05) is 37.3 Å². The third kappa shape index (κ3) is 5.21. The van der Waals surface area contributed by atoms with Crippen molar-refractivity contribution in [1.29, 1.82) is 0 Å². The van der Waals surface area contributed by atoms with Crippen molar-refractivity contribution in [3.8, 4) is 23.8 Å². The number of terminal acetylenes is 1. The van der Waals surface area contributed by atoms with Crippen LogP contribution in [0, 0.1) is 12.3 Å². The first kappa shape index (κ1) is 21.0. The summed E-state index contributed by atoms with van der Waals surface area (Å²) in [6.45, 7) is 0.109. The van der Waals surface area contributed by atoms with E-state index >= 15 is 0 Å². The van der Waals surface area contributed by atoms with Crippen molar-refractivity contribution in [3.63, 3.8) is 0 Å². The fourth-order valence-corrected chi connectivity index (χ4v) is 2.87. The molecular formula is C24H23NO5. The molecule has 154 valence electrons. The summed E-state index contributed by atoms with van der Waals surface area (Å²) in [4.78, 5) is 23.9. The second kappa shape index (κ2) is 9.66.